The Morgan fingerprint density at radius 1 is 1.15 bits per heavy atom. The summed E-state index contributed by atoms with van der Waals surface area (Å²) in [6.07, 6.45) is 3.49. The summed E-state index contributed by atoms with van der Waals surface area (Å²) >= 11 is 3.55. The molecular formula is C16H18BrN3. The molecule has 0 unspecified atom stereocenters. The Bertz CT molecular complexity index is 621. The minimum atomic E-state index is -0.00167. The molecule has 0 aliphatic heterocycles. The maximum Gasteiger partial charge on any atom is 0.144 e. The van der Waals surface area contributed by atoms with Gasteiger partial charge in [-0.05, 0) is 41.3 Å². The summed E-state index contributed by atoms with van der Waals surface area (Å²) in [5.41, 5.74) is 2.31. The third-order valence-electron chi connectivity index (χ3n) is 4.22. The first-order valence-corrected chi connectivity index (χ1v) is 7.74. The van der Waals surface area contributed by atoms with Crippen LogP contribution in [0.4, 0.5) is 5.82 Å². The predicted molar refractivity (Wildman–Crippen MR) is 85.1 cm³/mol. The molecule has 1 fully saturated rings. The summed E-state index contributed by atoms with van der Waals surface area (Å²) in [5, 5.41) is 3.15. The van der Waals surface area contributed by atoms with Gasteiger partial charge in [-0.15, -0.1) is 0 Å². The molecule has 1 aliphatic rings. The molecule has 0 amide bonds. The summed E-state index contributed by atoms with van der Waals surface area (Å²) in [4.78, 5) is 9.51. The molecular weight excluding hydrogens is 314 g/mol. The van der Waals surface area contributed by atoms with Crippen LogP contribution < -0.4 is 5.32 Å². The number of hydrogen-bond acceptors (Lipinski definition) is 3. The second-order valence-electron chi connectivity index (χ2n) is 5.35. The van der Waals surface area contributed by atoms with Crippen LogP contribution in [0.25, 0.3) is 0 Å². The molecule has 1 heterocycles. The Morgan fingerprint density at radius 2 is 1.85 bits per heavy atom. The highest BCUT2D eigenvalue weighted by atomic mass is 79.9. The highest BCUT2D eigenvalue weighted by molar-refractivity contribution is 9.10. The van der Waals surface area contributed by atoms with Crippen molar-refractivity contribution in [2.75, 3.05) is 12.4 Å². The molecule has 104 valence electrons. The fourth-order valence-electron chi connectivity index (χ4n) is 2.87. The van der Waals surface area contributed by atoms with Gasteiger partial charge in [0.1, 0.15) is 11.6 Å². The first-order valence-electron chi connectivity index (χ1n) is 6.95. The van der Waals surface area contributed by atoms with E-state index in [9.17, 15) is 0 Å². The van der Waals surface area contributed by atoms with Crippen LogP contribution in [0, 0.1) is 6.92 Å². The monoisotopic (exact) mass is 331 g/mol. The van der Waals surface area contributed by atoms with Gasteiger partial charge in [0.05, 0.1) is 15.6 Å². The lowest BCUT2D eigenvalue weighted by atomic mass is 9.64. The fourth-order valence-corrected chi connectivity index (χ4v) is 3.24. The van der Waals surface area contributed by atoms with Crippen molar-refractivity contribution in [2.45, 2.75) is 31.6 Å². The molecule has 1 aromatic carbocycles. The lowest BCUT2D eigenvalue weighted by Crippen LogP contribution is -2.37. The van der Waals surface area contributed by atoms with Gasteiger partial charge in [-0.3, -0.25) is 0 Å². The van der Waals surface area contributed by atoms with Crippen molar-refractivity contribution in [3.63, 3.8) is 0 Å². The van der Waals surface area contributed by atoms with E-state index >= 15 is 0 Å². The van der Waals surface area contributed by atoms with Crippen molar-refractivity contribution in [1.29, 1.82) is 0 Å². The van der Waals surface area contributed by atoms with Gasteiger partial charge < -0.3 is 5.32 Å². The molecule has 0 radical (unpaired) electrons. The maximum absolute atomic E-state index is 4.75. The topological polar surface area (TPSA) is 37.8 Å². The lowest BCUT2D eigenvalue weighted by Gasteiger charge is -2.41. The van der Waals surface area contributed by atoms with E-state index in [1.807, 2.05) is 14.0 Å². The second-order valence-corrected chi connectivity index (χ2v) is 6.14. The molecule has 4 heteroatoms. The van der Waals surface area contributed by atoms with Gasteiger partial charge in [-0.25, -0.2) is 9.97 Å². The van der Waals surface area contributed by atoms with Crippen molar-refractivity contribution in [1.82, 2.24) is 9.97 Å². The number of benzene rings is 1. The van der Waals surface area contributed by atoms with Crippen LogP contribution in [0.1, 0.15) is 36.3 Å². The molecule has 1 aliphatic carbocycles. The number of nitrogens with zero attached hydrogens (tertiary/aromatic N) is 2. The van der Waals surface area contributed by atoms with Crippen molar-refractivity contribution < 1.29 is 0 Å². The Morgan fingerprint density at radius 3 is 2.40 bits per heavy atom. The number of halogens is 1. The summed E-state index contributed by atoms with van der Waals surface area (Å²) < 4.78 is 0.950. The average Bonchev–Trinajstić information content (AvgIpc) is 2.42. The Kier molecular flexibility index (Phi) is 3.50. The van der Waals surface area contributed by atoms with Crippen LogP contribution >= 0.6 is 15.9 Å². The van der Waals surface area contributed by atoms with E-state index in [1.54, 1.807) is 0 Å². The molecule has 3 rings (SSSR count). The SMILES string of the molecule is CNc1nc(C2(c3ccccc3)CCC2)nc(C)c1Br. The quantitative estimate of drug-likeness (QED) is 0.921. The average molecular weight is 332 g/mol. The normalized spacial score (nSPS) is 16.6. The van der Waals surface area contributed by atoms with Crippen molar-refractivity contribution in [2.24, 2.45) is 0 Å². The largest absolute Gasteiger partial charge is 0.372 e. The first kappa shape index (κ1) is 13.6. The van der Waals surface area contributed by atoms with Gasteiger partial charge in [0.25, 0.3) is 0 Å². The van der Waals surface area contributed by atoms with E-state index in [0.29, 0.717) is 0 Å². The zero-order valence-corrected chi connectivity index (χ0v) is 13.4. The molecule has 0 saturated heterocycles. The van der Waals surface area contributed by atoms with Gasteiger partial charge in [0.15, 0.2) is 0 Å². The van der Waals surface area contributed by atoms with E-state index in [1.165, 1.54) is 12.0 Å². The van der Waals surface area contributed by atoms with Crippen LogP contribution in [0.15, 0.2) is 34.8 Å². The smallest absolute Gasteiger partial charge is 0.144 e. The third-order valence-corrected chi connectivity index (χ3v) is 5.16. The van der Waals surface area contributed by atoms with Gasteiger partial charge in [0.2, 0.25) is 0 Å². The van der Waals surface area contributed by atoms with Crippen molar-refractivity contribution >= 4 is 21.7 Å². The molecule has 1 N–H and O–H groups in total. The van der Waals surface area contributed by atoms with Gasteiger partial charge in [-0.1, -0.05) is 36.8 Å². The van der Waals surface area contributed by atoms with Gasteiger partial charge >= 0.3 is 0 Å². The van der Waals surface area contributed by atoms with E-state index in [0.717, 1.165) is 34.7 Å². The zero-order chi connectivity index (χ0) is 14.2. The summed E-state index contributed by atoms with van der Waals surface area (Å²) in [6, 6.07) is 10.6. The highest BCUT2D eigenvalue weighted by Crippen LogP contribution is 2.48. The van der Waals surface area contributed by atoms with E-state index in [2.05, 4.69) is 51.6 Å². The molecule has 3 nitrogen and oxygen atoms in total. The molecule has 1 aromatic heterocycles. The number of nitrogens with one attached hydrogen (secondary N) is 1. The first-order chi connectivity index (χ1) is 9.67. The number of aryl methyl sites for hydroxylation is 1. The van der Waals surface area contributed by atoms with Gasteiger partial charge in [-0.2, -0.15) is 0 Å². The molecule has 2 aromatic rings. The predicted octanol–water partition coefficient (Wildman–Crippen LogP) is 4.06. The number of hydrogen-bond donors (Lipinski definition) is 1. The van der Waals surface area contributed by atoms with Crippen LogP contribution in [-0.2, 0) is 5.41 Å². The highest BCUT2D eigenvalue weighted by Gasteiger charge is 2.43. The van der Waals surface area contributed by atoms with Crippen LogP contribution in [0.5, 0.6) is 0 Å². The number of rotatable bonds is 3. The molecule has 20 heavy (non-hydrogen) atoms. The Hall–Kier alpha value is -1.42. The lowest BCUT2D eigenvalue weighted by molar-refractivity contribution is 0.285. The number of anilines is 1. The minimum Gasteiger partial charge on any atom is -0.372 e. The van der Waals surface area contributed by atoms with Gasteiger partial charge in [0, 0.05) is 7.05 Å². The summed E-state index contributed by atoms with van der Waals surface area (Å²) in [5.74, 6) is 1.81. The standard InChI is InChI=1S/C16H18BrN3/c1-11-13(17)14(18-2)20-15(19-11)16(9-6-10-16)12-7-4-3-5-8-12/h3-5,7-8H,6,9-10H2,1-2H3,(H,18,19,20). The number of aromatic nitrogens is 2. The third kappa shape index (κ3) is 2.03. The fraction of sp³-hybridized carbons (Fsp3) is 0.375. The second kappa shape index (κ2) is 5.17. The maximum atomic E-state index is 4.75. The van der Waals surface area contributed by atoms with E-state index in [-0.39, 0.29) is 5.41 Å². The van der Waals surface area contributed by atoms with Crippen LogP contribution in [0.3, 0.4) is 0 Å². The van der Waals surface area contributed by atoms with E-state index in [4.69, 9.17) is 9.97 Å². The Balaban J connectivity index is 2.13. The van der Waals surface area contributed by atoms with E-state index < -0.39 is 0 Å². The molecule has 1 saturated carbocycles. The van der Waals surface area contributed by atoms with Crippen molar-refractivity contribution in [3.05, 3.63) is 51.9 Å². The molecule has 0 bridgehead atoms. The van der Waals surface area contributed by atoms with Crippen LogP contribution in [0.2, 0.25) is 0 Å². The molecule has 0 atom stereocenters. The molecule has 0 spiro atoms. The van der Waals surface area contributed by atoms with Crippen LogP contribution in [-0.4, -0.2) is 17.0 Å². The minimum absolute atomic E-state index is 0.00167. The summed E-state index contributed by atoms with van der Waals surface area (Å²) in [6.45, 7) is 2.02. The van der Waals surface area contributed by atoms with Crippen molar-refractivity contribution in [3.8, 4) is 0 Å². The summed E-state index contributed by atoms with van der Waals surface area (Å²) in [7, 11) is 1.90. The Labute approximate surface area is 128 Å². The zero-order valence-electron chi connectivity index (χ0n) is 11.8.